The third-order valence-electron chi connectivity index (χ3n) is 4.72. The monoisotopic (exact) mass is 349 g/mol. The number of benzene rings is 1. The van der Waals surface area contributed by atoms with E-state index in [4.69, 9.17) is 11.6 Å². The van der Waals surface area contributed by atoms with Crippen molar-refractivity contribution in [2.24, 2.45) is 0 Å². The summed E-state index contributed by atoms with van der Waals surface area (Å²) in [6, 6.07) is 11.0. The lowest BCUT2D eigenvalue weighted by molar-refractivity contribution is 0.121. The summed E-state index contributed by atoms with van der Waals surface area (Å²) in [7, 11) is 6.55. The van der Waals surface area contributed by atoms with Gasteiger partial charge in [0, 0.05) is 24.2 Å². The minimum atomic E-state index is 0.655. The van der Waals surface area contributed by atoms with Crippen molar-refractivity contribution in [1.82, 2.24) is 14.7 Å². The van der Waals surface area contributed by atoms with E-state index in [1.165, 1.54) is 31.4 Å². The molecule has 0 aromatic heterocycles. The molecule has 0 radical (unpaired) electrons. The molecule has 1 saturated heterocycles. The molecule has 1 aliphatic rings. The summed E-state index contributed by atoms with van der Waals surface area (Å²) in [5, 5.41) is 0.928. The van der Waals surface area contributed by atoms with Gasteiger partial charge in [-0.25, -0.2) is 0 Å². The largest absolute Gasteiger partial charge is 0.309 e. The van der Waals surface area contributed by atoms with Gasteiger partial charge in [0.15, 0.2) is 0 Å². The Hall–Kier alpha value is -0.870. The molecular weight excluding hydrogens is 318 g/mol. The normalized spacial score (nSPS) is 20.1. The summed E-state index contributed by atoms with van der Waals surface area (Å²) < 4.78 is 0. The Labute approximate surface area is 152 Å². The quantitative estimate of drug-likeness (QED) is 0.709. The summed E-state index contributed by atoms with van der Waals surface area (Å²) in [5.41, 5.74) is 1.18. The number of hydrogen-bond donors (Lipinski definition) is 0. The van der Waals surface area contributed by atoms with Crippen molar-refractivity contribution in [2.45, 2.75) is 25.3 Å². The van der Waals surface area contributed by atoms with Gasteiger partial charge in [-0.1, -0.05) is 41.9 Å². The van der Waals surface area contributed by atoms with Gasteiger partial charge >= 0.3 is 0 Å². The predicted molar refractivity (Wildman–Crippen MR) is 106 cm³/mol. The Bertz CT molecular complexity index is 501. The van der Waals surface area contributed by atoms with Crippen LogP contribution in [0.2, 0.25) is 0 Å². The van der Waals surface area contributed by atoms with E-state index < -0.39 is 0 Å². The standard InChI is InChI=1S/C20H32ClN3/c1-22(2)12-8-13-23(3)20-11-7-14-24(17-20)16-19(21)15-18-9-5-4-6-10-18/h4-6,9-10,15,20H,7-8,11-14,16-17H2,1-3H3. The topological polar surface area (TPSA) is 9.72 Å². The maximum atomic E-state index is 6.49. The van der Waals surface area contributed by atoms with Gasteiger partial charge in [0.05, 0.1) is 0 Å². The van der Waals surface area contributed by atoms with E-state index >= 15 is 0 Å². The van der Waals surface area contributed by atoms with Crippen LogP contribution in [0.5, 0.6) is 0 Å². The van der Waals surface area contributed by atoms with Crippen molar-refractivity contribution >= 4 is 17.7 Å². The minimum absolute atomic E-state index is 0.655. The molecule has 1 heterocycles. The van der Waals surface area contributed by atoms with Gasteiger partial charge in [0.25, 0.3) is 0 Å². The number of nitrogens with zero attached hydrogens (tertiary/aromatic N) is 3. The van der Waals surface area contributed by atoms with Gasteiger partial charge in [-0.2, -0.15) is 0 Å². The molecule has 1 aromatic carbocycles. The summed E-state index contributed by atoms with van der Waals surface area (Å²) in [4.78, 5) is 7.29. The Morgan fingerprint density at radius 3 is 2.67 bits per heavy atom. The molecule has 0 amide bonds. The molecule has 1 aromatic rings. The highest BCUT2D eigenvalue weighted by Gasteiger charge is 2.23. The van der Waals surface area contributed by atoms with Crippen molar-refractivity contribution in [3.8, 4) is 0 Å². The Morgan fingerprint density at radius 2 is 1.96 bits per heavy atom. The lowest BCUT2D eigenvalue weighted by Gasteiger charge is -2.37. The van der Waals surface area contributed by atoms with Gasteiger partial charge in [-0.05, 0) is 71.7 Å². The molecule has 1 aliphatic heterocycles. The predicted octanol–water partition coefficient (Wildman–Crippen LogP) is 3.61. The Balaban J connectivity index is 1.81. The average Bonchev–Trinajstić information content (AvgIpc) is 2.55. The van der Waals surface area contributed by atoms with E-state index in [9.17, 15) is 0 Å². The zero-order chi connectivity index (χ0) is 17.4. The van der Waals surface area contributed by atoms with Crippen LogP contribution >= 0.6 is 11.6 Å². The first-order valence-corrected chi connectivity index (χ1v) is 9.41. The van der Waals surface area contributed by atoms with Gasteiger partial charge < -0.3 is 9.80 Å². The van der Waals surface area contributed by atoms with E-state index in [0.717, 1.165) is 31.2 Å². The molecule has 0 bridgehead atoms. The molecule has 0 saturated carbocycles. The third kappa shape index (κ3) is 6.94. The second-order valence-corrected chi connectivity index (χ2v) is 7.66. The molecule has 134 valence electrons. The number of piperidine rings is 1. The van der Waals surface area contributed by atoms with E-state index in [1.807, 2.05) is 6.07 Å². The summed E-state index contributed by atoms with van der Waals surface area (Å²) in [6.07, 6.45) is 5.88. The highest BCUT2D eigenvalue weighted by molar-refractivity contribution is 6.31. The lowest BCUT2D eigenvalue weighted by atomic mass is 10.0. The zero-order valence-corrected chi connectivity index (χ0v) is 16.2. The Kier molecular flexibility index (Phi) is 8.26. The van der Waals surface area contributed by atoms with Gasteiger partial charge in [0.1, 0.15) is 0 Å². The average molecular weight is 350 g/mol. The van der Waals surface area contributed by atoms with Crippen LogP contribution in [-0.2, 0) is 0 Å². The minimum Gasteiger partial charge on any atom is -0.309 e. The van der Waals surface area contributed by atoms with Crippen molar-refractivity contribution in [2.75, 3.05) is 53.9 Å². The van der Waals surface area contributed by atoms with Crippen molar-refractivity contribution < 1.29 is 0 Å². The number of likely N-dealkylation sites (tertiary alicyclic amines) is 1. The molecule has 4 heteroatoms. The summed E-state index contributed by atoms with van der Waals surface area (Å²) in [5.74, 6) is 0. The second kappa shape index (κ2) is 10.2. The fraction of sp³-hybridized carbons (Fsp3) is 0.600. The fourth-order valence-corrected chi connectivity index (χ4v) is 3.64. The first-order valence-electron chi connectivity index (χ1n) is 9.03. The zero-order valence-electron chi connectivity index (χ0n) is 15.4. The van der Waals surface area contributed by atoms with Crippen LogP contribution < -0.4 is 0 Å². The van der Waals surface area contributed by atoms with Crippen LogP contribution in [0.25, 0.3) is 6.08 Å². The third-order valence-corrected chi connectivity index (χ3v) is 4.95. The maximum Gasteiger partial charge on any atom is 0.0342 e. The van der Waals surface area contributed by atoms with Gasteiger partial charge in [0.2, 0.25) is 0 Å². The smallest absolute Gasteiger partial charge is 0.0342 e. The summed E-state index contributed by atoms with van der Waals surface area (Å²) >= 11 is 6.49. The molecule has 1 fully saturated rings. The molecule has 1 atom stereocenters. The van der Waals surface area contributed by atoms with Crippen LogP contribution in [0.1, 0.15) is 24.8 Å². The van der Waals surface area contributed by atoms with Crippen LogP contribution in [0.3, 0.4) is 0 Å². The van der Waals surface area contributed by atoms with E-state index in [0.29, 0.717) is 6.04 Å². The fourth-order valence-electron chi connectivity index (χ4n) is 3.34. The maximum absolute atomic E-state index is 6.49. The van der Waals surface area contributed by atoms with Crippen LogP contribution in [0.15, 0.2) is 35.4 Å². The molecule has 0 aliphatic carbocycles. The van der Waals surface area contributed by atoms with Gasteiger partial charge in [-0.15, -0.1) is 0 Å². The van der Waals surface area contributed by atoms with Crippen molar-refractivity contribution in [3.05, 3.63) is 40.9 Å². The highest BCUT2D eigenvalue weighted by Crippen LogP contribution is 2.18. The number of halogens is 1. The van der Waals surface area contributed by atoms with E-state index in [2.05, 4.69) is 66.2 Å². The van der Waals surface area contributed by atoms with Crippen molar-refractivity contribution in [3.63, 3.8) is 0 Å². The molecular formula is C20H32ClN3. The molecule has 24 heavy (non-hydrogen) atoms. The number of likely N-dealkylation sites (N-methyl/N-ethyl adjacent to an activating group) is 1. The molecule has 3 nitrogen and oxygen atoms in total. The van der Waals surface area contributed by atoms with E-state index in [-0.39, 0.29) is 0 Å². The van der Waals surface area contributed by atoms with Crippen molar-refractivity contribution in [1.29, 1.82) is 0 Å². The molecule has 0 N–H and O–H groups in total. The van der Waals surface area contributed by atoms with Gasteiger partial charge in [-0.3, -0.25) is 4.90 Å². The van der Waals surface area contributed by atoms with Crippen LogP contribution in [-0.4, -0.2) is 74.6 Å². The molecule has 0 spiro atoms. The highest BCUT2D eigenvalue weighted by atomic mass is 35.5. The Morgan fingerprint density at radius 1 is 1.21 bits per heavy atom. The first-order chi connectivity index (χ1) is 11.5. The van der Waals surface area contributed by atoms with Crippen LogP contribution in [0.4, 0.5) is 0 Å². The molecule has 2 rings (SSSR count). The number of hydrogen-bond acceptors (Lipinski definition) is 3. The molecule has 1 unspecified atom stereocenters. The lowest BCUT2D eigenvalue weighted by Crippen LogP contribution is -2.47. The summed E-state index contributed by atoms with van der Waals surface area (Å²) in [6.45, 7) is 5.47. The van der Waals surface area contributed by atoms with E-state index in [1.54, 1.807) is 0 Å². The second-order valence-electron chi connectivity index (χ2n) is 7.17. The first kappa shape index (κ1) is 19.5. The van der Waals surface area contributed by atoms with Crippen LogP contribution in [0, 0.1) is 0 Å². The SMILES string of the molecule is CN(C)CCCN(C)C1CCCN(CC(Cl)=Cc2ccccc2)C1. The number of rotatable bonds is 8.